The molecule has 0 atom stereocenters. The number of carbonyl (C=O) groups is 1. The zero-order chi connectivity index (χ0) is 26.3. The SMILES string of the molecule is CCOC(=O)c1nnn(Cc2ccc(OC)cc2)c1OC1CCC(c2ccc(N3CCCCC3)cc2)CC1. The minimum atomic E-state index is -0.508. The summed E-state index contributed by atoms with van der Waals surface area (Å²) in [5.74, 6) is 1.19. The van der Waals surface area contributed by atoms with Gasteiger partial charge in [-0.05, 0) is 93.2 Å². The Morgan fingerprint density at radius 3 is 2.32 bits per heavy atom. The van der Waals surface area contributed by atoms with Crippen molar-refractivity contribution in [1.29, 1.82) is 0 Å². The first kappa shape index (κ1) is 26.1. The number of carbonyl (C=O) groups excluding carboxylic acids is 1. The number of aromatic nitrogens is 3. The topological polar surface area (TPSA) is 78.7 Å². The normalized spacial score (nSPS) is 19.7. The molecule has 1 saturated heterocycles. The highest BCUT2D eigenvalue weighted by atomic mass is 16.5. The molecule has 202 valence electrons. The molecule has 1 aromatic heterocycles. The Labute approximate surface area is 224 Å². The van der Waals surface area contributed by atoms with Crippen molar-refractivity contribution in [3.63, 3.8) is 0 Å². The average molecular weight is 519 g/mol. The van der Waals surface area contributed by atoms with Crippen molar-refractivity contribution in [2.75, 3.05) is 31.7 Å². The quantitative estimate of drug-likeness (QED) is 0.341. The summed E-state index contributed by atoms with van der Waals surface area (Å²) < 4.78 is 18.6. The molecule has 0 radical (unpaired) electrons. The average Bonchev–Trinajstić information content (AvgIpc) is 3.36. The second-order valence-corrected chi connectivity index (χ2v) is 10.2. The van der Waals surface area contributed by atoms with Gasteiger partial charge < -0.3 is 19.1 Å². The summed E-state index contributed by atoms with van der Waals surface area (Å²) in [4.78, 5) is 15.1. The summed E-state index contributed by atoms with van der Waals surface area (Å²) in [5.41, 5.74) is 3.89. The number of nitrogens with zero attached hydrogens (tertiary/aromatic N) is 4. The molecule has 8 nitrogen and oxygen atoms in total. The molecule has 0 amide bonds. The molecule has 8 heteroatoms. The van der Waals surface area contributed by atoms with Crippen LogP contribution in [-0.2, 0) is 11.3 Å². The van der Waals surface area contributed by atoms with Crippen LogP contribution in [0, 0.1) is 0 Å². The summed E-state index contributed by atoms with van der Waals surface area (Å²) in [7, 11) is 1.64. The molecule has 1 saturated carbocycles. The zero-order valence-corrected chi connectivity index (χ0v) is 22.5. The largest absolute Gasteiger partial charge is 0.497 e. The van der Waals surface area contributed by atoms with Crippen LogP contribution in [0.1, 0.15) is 79.4 Å². The van der Waals surface area contributed by atoms with Gasteiger partial charge in [-0.2, -0.15) is 0 Å². The highest BCUT2D eigenvalue weighted by molar-refractivity contribution is 5.89. The van der Waals surface area contributed by atoms with E-state index in [-0.39, 0.29) is 18.4 Å². The molecule has 2 fully saturated rings. The Morgan fingerprint density at radius 2 is 1.66 bits per heavy atom. The summed E-state index contributed by atoms with van der Waals surface area (Å²) in [5, 5.41) is 8.36. The van der Waals surface area contributed by atoms with Gasteiger partial charge in [-0.15, -0.1) is 5.10 Å². The lowest BCUT2D eigenvalue weighted by Crippen LogP contribution is -2.29. The molecule has 0 spiro atoms. The van der Waals surface area contributed by atoms with E-state index in [0.717, 1.165) is 37.0 Å². The van der Waals surface area contributed by atoms with Gasteiger partial charge in [-0.3, -0.25) is 0 Å². The lowest BCUT2D eigenvalue weighted by Gasteiger charge is -2.31. The van der Waals surface area contributed by atoms with E-state index < -0.39 is 5.97 Å². The number of hydrogen-bond donors (Lipinski definition) is 0. The number of esters is 1. The van der Waals surface area contributed by atoms with Crippen molar-refractivity contribution < 1.29 is 19.0 Å². The molecule has 0 bridgehead atoms. The third-order valence-corrected chi connectivity index (χ3v) is 7.69. The number of hydrogen-bond acceptors (Lipinski definition) is 7. The monoisotopic (exact) mass is 518 g/mol. The third kappa shape index (κ3) is 6.11. The minimum Gasteiger partial charge on any atom is -0.497 e. The van der Waals surface area contributed by atoms with Gasteiger partial charge in [0.25, 0.3) is 0 Å². The molecule has 1 aliphatic carbocycles. The van der Waals surface area contributed by atoms with Crippen LogP contribution < -0.4 is 14.4 Å². The standard InChI is InChI=1S/C30H38N4O4/c1-3-37-30(35)28-29(34(32-31-28)21-22-7-15-26(36-2)16-8-22)38-27-17-11-24(12-18-27)23-9-13-25(14-10-23)33-19-5-4-6-20-33/h7-10,13-16,24,27H,3-6,11-12,17-21H2,1-2H3. The van der Waals surface area contributed by atoms with Crippen LogP contribution in [0.3, 0.4) is 0 Å². The van der Waals surface area contributed by atoms with Crippen LogP contribution in [0.2, 0.25) is 0 Å². The van der Waals surface area contributed by atoms with Crippen molar-refractivity contribution in [1.82, 2.24) is 15.0 Å². The number of rotatable bonds is 9. The molecular weight excluding hydrogens is 480 g/mol. The number of piperidine rings is 1. The number of benzene rings is 2. The van der Waals surface area contributed by atoms with Crippen LogP contribution >= 0.6 is 0 Å². The zero-order valence-electron chi connectivity index (χ0n) is 22.5. The van der Waals surface area contributed by atoms with Gasteiger partial charge in [0.05, 0.1) is 20.3 Å². The fraction of sp³-hybridized carbons (Fsp3) is 0.500. The third-order valence-electron chi connectivity index (χ3n) is 7.69. The molecule has 5 rings (SSSR count). The minimum absolute atomic E-state index is 0.000155. The van der Waals surface area contributed by atoms with Gasteiger partial charge in [0.1, 0.15) is 11.9 Å². The molecule has 2 heterocycles. The second-order valence-electron chi connectivity index (χ2n) is 10.2. The predicted molar refractivity (Wildman–Crippen MR) is 146 cm³/mol. The van der Waals surface area contributed by atoms with E-state index in [1.165, 1.54) is 43.6 Å². The van der Waals surface area contributed by atoms with Crippen LogP contribution in [-0.4, -0.2) is 53.9 Å². The first-order valence-electron chi connectivity index (χ1n) is 13.9. The van der Waals surface area contributed by atoms with Crippen LogP contribution in [0.15, 0.2) is 48.5 Å². The van der Waals surface area contributed by atoms with Crippen LogP contribution in [0.4, 0.5) is 5.69 Å². The van der Waals surface area contributed by atoms with Gasteiger partial charge in [0.15, 0.2) is 0 Å². The van der Waals surface area contributed by atoms with E-state index in [9.17, 15) is 4.79 Å². The lowest BCUT2D eigenvalue weighted by atomic mass is 9.82. The summed E-state index contributed by atoms with van der Waals surface area (Å²) in [6.45, 7) is 4.81. The van der Waals surface area contributed by atoms with Crippen molar-refractivity contribution in [3.05, 3.63) is 65.4 Å². The van der Waals surface area contributed by atoms with Gasteiger partial charge in [-0.25, -0.2) is 9.48 Å². The fourth-order valence-electron chi connectivity index (χ4n) is 5.54. The summed E-state index contributed by atoms with van der Waals surface area (Å²) >= 11 is 0. The molecule has 2 aromatic carbocycles. The van der Waals surface area contributed by atoms with Crippen LogP contribution in [0.25, 0.3) is 0 Å². The van der Waals surface area contributed by atoms with Crippen molar-refractivity contribution in [2.24, 2.45) is 0 Å². The second kappa shape index (κ2) is 12.3. The lowest BCUT2D eigenvalue weighted by molar-refractivity contribution is 0.0507. The Kier molecular flexibility index (Phi) is 8.46. The summed E-state index contributed by atoms with van der Waals surface area (Å²) in [6, 6.07) is 16.9. The molecule has 1 aliphatic heterocycles. The number of ether oxygens (including phenoxy) is 3. The van der Waals surface area contributed by atoms with E-state index in [0.29, 0.717) is 18.3 Å². The molecule has 0 N–H and O–H groups in total. The van der Waals surface area contributed by atoms with Crippen molar-refractivity contribution in [2.45, 2.75) is 70.4 Å². The van der Waals surface area contributed by atoms with E-state index >= 15 is 0 Å². The fourth-order valence-corrected chi connectivity index (χ4v) is 5.54. The van der Waals surface area contributed by atoms with Gasteiger partial charge in [0.2, 0.25) is 11.6 Å². The number of anilines is 1. The molecule has 0 unspecified atom stereocenters. The highest BCUT2D eigenvalue weighted by Crippen LogP contribution is 2.36. The van der Waals surface area contributed by atoms with Gasteiger partial charge >= 0.3 is 5.97 Å². The molecule has 38 heavy (non-hydrogen) atoms. The molecule has 2 aliphatic rings. The van der Waals surface area contributed by atoms with Crippen molar-refractivity contribution in [3.8, 4) is 11.6 Å². The Balaban J connectivity index is 1.24. The molecular formula is C30H38N4O4. The molecule has 3 aromatic rings. The maximum Gasteiger partial charge on any atom is 0.364 e. The van der Waals surface area contributed by atoms with Gasteiger partial charge in [-0.1, -0.05) is 29.5 Å². The maximum absolute atomic E-state index is 12.6. The van der Waals surface area contributed by atoms with Crippen LogP contribution in [0.5, 0.6) is 11.6 Å². The van der Waals surface area contributed by atoms with Crippen molar-refractivity contribution >= 4 is 11.7 Å². The van der Waals surface area contributed by atoms with E-state index in [1.807, 2.05) is 24.3 Å². The number of methoxy groups -OCH3 is 1. The smallest absolute Gasteiger partial charge is 0.364 e. The Bertz CT molecular complexity index is 1180. The van der Waals surface area contributed by atoms with E-state index in [1.54, 1.807) is 18.7 Å². The highest BCUT2D eigenvalue weighted by Gasteiger charge is 2.29. The maximum atomic E-state index is 12.6. The van der Waals surface area contributed by atoms with E-state index in [4.69, 9.17) is 14.2 Å². The Morgan fingerprint density at radius 1 is 0.947 bits per heavy atom. The predicted octanol–water partition coefficient (Wildman–Crippen LogP) is 5.61. The van der Waals surface area contributed by atoms with E-state index in [2.05, 4.69) is 39.5 Å². The first-order chi connectivity index (χ1) is 18.6. The van der Waals surface area contributed by atoms with Gasteiger partial charge in [0, 0.05) is 18.8 Å². The first-order valence-corrected chi connectivity index (χ1v) is 13.9. The Hall–Kier alpha value is -3.55. The summed E-state index contributed by atoms with van der Waals surface area (Å²) in [6.07, 6.45) is 7.84.